The molecule has 0 amide bonds. The molecule has 0 saturated heterocycles. The minimum absolute atomic E-state index is 0.988. The highest BCUT2D eigenvalue weighted by Crippen LogP contribution is 2.27. The van der Waals surface area contributed by atoms with E-state index in [4.69, 9.17) is 0 Å². The van der Waals surface area contributed by atoms with E-state index >= 15 is 0 Å². The van der Waals surface area contributed by atoms with Crippen LogP contribution in [0.1, 0.15) is 39.0 Å². The fourth-order valence-electron chi connectivity index (χ4n) is 1.05. The first-order valence-corrected chi connectivity index (χ1v) is 4.56. The van der Waals surface area contributed by atoms with Crippen molar-refractivity contribution >= 4 is 0 Å². The van der Waals surface area contributed by atoms with Gasteiger partial charge in [0, 0.05) is 13.1 Å². The molecule has 0 N–H and O–H groups in total. The van der Waals surface area contributed by atoms with Gasteiger partial charge in [-0.05, 0) is 25.2 Å². The molecule has 10 heavy (non-hydrogen) atoms. The molecular weight excluding hydrogens is 122 g/mol. The van der Waals surface area contributed by atoms with Gasteiger partial charge in [0.05, 0.1) is 0 Å². The molecule has 1 heteroatoms. The molecule has 0 bridgehead atoms. The van der Waals surface area contributed by atoms with E-state index in [1.807, 2.05) is 0 Å². The summed E-state index contributed by atoms with van der Waals surface area (Å²) in [6, 6.07) is 0. The summed E-state index contributed by atoms with van der Waals surface area (Å²) in [7, 11) is 0. The molecule has 1 saturated carbocycles. The molecule has 59 valence electrons. The van der Waals surface area contributed by atoms with E-state index in [1.165, 1.54) is 32.1 Å². The Morgan fingerprint density at radius 1 is 1.30 bits per heavy atom. The zero-order chi connectivity index (χ0) is 7.23. The van der Waals surface area contributed by atoms with Gasteiger partial charge in [-0.1, -0.05) is 19.8 Å². The van der Waals surface area contributed by atoms with Crippen LogP contribution in [0.25, 0.3) is 0 Å². The maximum absolute atomic E-state index is 4.47. The maximum atomic E-state index is 4.47. The van der Waals surface area contributed by atoms with Crippen molar-refractivity contribution < 1.29 is 0 Å². The molecule has 0 spiro atoms. The molecular formula is C9H18N. The van der Waals surface area contributed by atoms with Crippen molar-refractivity contribution in [1.29, 1.82) is 0 Å². The second-order valence-electron chi connectivity index (χ2n) is 3.28. The van der Waals surface area contributed by atoms with Crippen molar-refractivity contribution in [3.05, 3.63) is 0 Å². The summed E-state index contributed by atoms with van der Waals surface area (Å²) in [5, 5.41) is 4.47. The van der Waals surface area contributed by atoms with Crippen LogP contribution in [0.5, 0.6) is 0 Å². The van der Waals surface area contributed by atoms with E-state index < -0.39 is 0 Å². The van der Waals surface area contributed by atoms with Crippen molar-refractivity contribution in [2.75, 3.05) is 13.1 Å². The van der Waals surface area contributed by atoms with E-state index in [1.54, 1.807) is 0 Å². The van der Waals surface area contributed by atoms with Gasteiger partial charge < -0.3 is 0 Å². The van der Waals surface area contributed by atoms with Crippen LogP contribution in [-0.4, -0.2) is 13.1 Å². The normalized spacial score (nSPS) is 17.7. The SMILES string of the molecule is CCCCC[N]CC1CC1. The molecule has 0 aromatic carbocycles. The van der Waals surface area contributed by atoms with Gasteiger partial charge in [0.15, 0.2) is 0 Å². The van der Waals surface area contributed by atoms with Crippen molar-refractivity contribution in [1.82, 2.24) is 5.32 Å². The van der Waals surface area contributed by atoms with Crippen molar-refractivity contribution in [2.24, 2.45) is 5.92 Å². The molecule has 1 rings (SSSR count). The van der Waals surface area contributed by atoms with Crippen molar-refractivity contribution in [3.63, 3.8) is 0 Å². The largest absolute Gasteiger partial charge is 0.242 e. The highest BCUT2D eigenvalue weighted by Gasteiger charge is 2.20. The average molecular weight is 140 g/mol. The Kier molecular flexibility index (Phi) is 3.81. The Bertz CT molecular complexity index is 76.8. The smallest absolute Gasteiger partial charge is 0.0161 e. The highest BCUT2D eigenvalue weighted by atomic mass is 14.9. The molecule has 1 aliphatic rings. The van der Waals surface area contributed by atoms with Crippen LogP contribution in [0.2, 0.25) is 0 Å². The summed E-state index contributed by atoms with van der Waals surface area (Å²) >= 11 is 0. The van der Waals surface area contributed by atoms with Crippen molar-refractivity contribution in [2.45, 2.75) is 39.0 Å². The Labute approximate surface area is 64.2 Å². The molecule has 1 nitrogen and oxygen atoms in total. The molecule has 0 unspecified atom stereocenters. The number of nitrogens with zero attached hydrogens (tertiary/aromatic N) is 1. The van der Waals surface area contributed by atoms with E-state index in [0.29, 0.717) is 0 Å². The van der Waals surface area contributed by atoms with E-state index in [9.17, 15) is 0 Å². The lowest BCUT2D eigenvalue weighted by molar-refractivity contribution is 0.581. The lowest BCUT2D eigenvalue weighted by atomic mass is 10.2. The standard InChI is InChI=1S/C9H18N/c1-2-3-4-7-10-8-9-5-6-9/h9H,2-8H2,1H3. The topological polar surface area (TPSA) is 14.1 Å². The fraction of sp³-hybridized carbons (Fsp3) is 1.00. The summed E-state index contributed by atoms with van der Waals surface area (Å²) in [6.45, 7) is 4.51. The van der Waals surface area contributed by atoms with Gasteiger partial charge in [0.1, 0.15) is 0 Å². The first-order valence-electron chi connectivity index (χ1n) is 4.56. The monoisotopic (exact) mass is 140 g/mol. The van der Waals surface area contributed by atoms with E-state index in [0.717, 1.165) is 19.0 Å². The van der Waals surface area contributed by atoms with Gasteiger partial charge >= 0.3 is 0 Å². The minimum Gasteiger partial charge on any atom is -0.242 e. The summed E-state index contributed by atoms with van der Waals surface area (Å²) in [6.07, 6.45) is 6.87. The lowest BCUT2D eigenvalue weighted by Crippen LogP contribution is -2.09. The van der Waals surface area contributed by atoms with Crippen LogP contribution in [0.4, 0.5) is 0 Å². The number of hydrogen-bond donors (Lipinski definition) is 0. The summed E-state index contributed by atoms with van der Waals surface area (Å²) in [5.41, 5.74) is 0. The van der Waals surface area contributed by atoms with Crippen LogP contribution in [0, 0.1) is 5.92 Å². The van der Waals surface area contributed by atoms with E-state index in [2.05, 4.69) is 12.2 Å². The molecule has 0 aromatic rings. The zero-order valence-corrected chi connectivity index (χ0v) is 6.97. The predicted octanol–water partition coefficient (Wildman–Crippen LogP) is 2.19. The summed E-state index contributed by atoms with van der Waals surface area (Å²) < 4.78 is 0. The second-order valence-corrected chi connectivity index (χ2v) is 3.28. The van der Waals surface area contributed by atoms with Gasteiger partial charge in [-0.3, -0.25) is 0 Å². The van der Waals surface area contributed by atoms with Gasteiger partial charge in [-0.15, -0.1) is 0 Å². The first-order chi connectivity index (χ1) is 4.93. The quantitative estimate of drug-likeness (QED) is 0.502. The third-order valence-electron chi connectivity index (χ3n) is 2.00. The zero-order valence-electron chi connectivity index (χ0n) is 6.97. The average Bonchev–Trinajstić information content (AvgIpc) is 2.71. The molecule has 0 atom stereocenters. The fourth-order valence-corrected chi connectivity index (χ4v) is 1.05. The number of hydrogen-bond acceptors (Lipinski definition) is 0. The van der Waals surface area contributed by atoms with Gasteiger partial charge in [-0.2, -0.15) is 0 Å². The predicted molar refractivity (Wildman–Crippen MR) is 44.1 cm³/mol. The highest BCUT2D eigenvalue weighted by molar-refractivity contribution is 4.74. The third kappa shape index (κ3) is 3.89. The minimum atomic E-state index is 0.988. The van der Waals surface area contributed by atoms with Crippen LogP contribution < -0.4 is 5.32 Å². The van der Waals surface area contributed by atoms with Crippen LogP contribution in [-0.2, 0) is 0 Å². The Morgan fingerprint density at radius 2 is 2.10 bits per heavy atom. The van der Waals surface area contributed by atoms with Crippen LogP contribution >= 0.6 is 0 Å². The Morgan fingerprint density at radius 3 is 2.70 bits per heavy atom. The molecule has 0 aromatic heterocycles. The molecule has 1 radical (unpaired) electrons. The number of rotatable bonds is 6. The number of unbranched alkanes of at least 4 members (excludes halogenated alkanes) is 2. The third-order valence-corrected chi connectivity index (χ3v) is 2.00. The maximum Gasteiger partial charge on any atom is 0.0161 e. The Balaban J connectivity index is 1.68. The van der Waals surface area contributed by atoms with Crippen LogP contribution in [0.3, 0.4) is 0 Å². The van der Waals surface area contributed by atoms with Gasteiger partial charge in [-0.25, -0.2) is 5.32 Å². The van der Waals surface area contributed by atoms with Gasteiger partial charge in [0.25, 0.3) is 0 Å². The van der Waals surface area contributed by atoms with Crippen molar-refractivity contribution in [3.8, 4) is 0 Å². The first kappa shape index (κ1) is 8.06. The van der Waals surface area contributed by atoms with Crippen LogP contribution in [0.15, 0.2) is 0 Å². The Hall–Kier alpha value is -0.0400. The summed E-state index contributed by atoms with van der Waals surface area (Å²) in [5.74, 6) is 0.988. The summed E-state index contributed by atoms with van der Waals surface area (Å²) in [4.78, 5) is 0. The van der Waals surface area contributed by atoms with E-state index in [-0.39, 0.29) is 0 Å². The molecule has 0 aliphatic heterocycles. The molecule has 1 fully saturated rings. The van der Waals surface area contributed by atoms with Gasteiger partial charge in [0.2, 0.25) is 0 Å². The molecule has 1 aliphatic carbocycles. The second kappa shape index (κ2) is 4.73. The molecule has 0 heterocycles. The lowest BCUT2D eigenvalue weighted by Gasteiger charge is -1.98.